The van der Waals surface area contributed by atoms with Gasteiger partial charge in [-0.2, -0.15) is 4.98 Å². The van der Waals surface area contributed by atoms with Gasteiger partial charge in [0.15, 0.2) is 0 Å². The molecule has 0 radical (unpaired) electrons. The second-order valence-corrected chi connectivity index (χ2v) is 7.38. The van der Waals surface area contributed by atoms with Gasteiger partial charge in [0.25, 0.3) is 5.82 Å². The van der Waals surface area contributed by atoms with Gasteiger partial charge < -0.3 is 19.5 Å². The second kappa shape index (κ2) is 8.19. The molecule has 1 N–H and O–H groups in total. The zero-order valence-electron chi connectivity index (χ0n) is 16.5. The van der Waals surface area contributed by atoms with Crippen LogP contribution in [-0.4, -0.2) is 42.1 Å². The van der Waals surface area contributed by atoms with Crippen molar-refractivity contribution in [2.45, 2.75) is 6.04 Å². The van der Waals surface area contributed by atoms with Crippen molar-refractivity contribution in [1.29, 1.82) is 0 Å². The van der Waals surface area contributed by atoms with E-state index in [1.54, 1.807) is 18.9 Å². The molecule has 0 saturated carbocycles. The number of methoxy groups -OCH3 is 3. The smallest absolute Gasteiger partial charge is 0.378 e. The minimum absolute atomic E-state index is 0.0317. The number of anilines is 1. The van der Waals surface area contributed by atoms with Crippen LogP contribution in [0.25, 0.3) is 5.70 Å². The SMILES string of the molecule is COC(=O)c1nc2n(n1)C(c1cc(OC)ccc1OC)C=C(c1cccc(Br)c1)N2. The predicted octanol–water partition coefficient (Wildman–Crippen LogP) is 3.90. The highest BCUT2D eigenvalue weighted by atomic mass is 79.9. The first kappa shape index (κ1) is 20.0. The lowest BCUT2D eigenvalue weighted by atomic mass is 10.0. The molecule has 0 fully saturated rings. The van der Waals surface area contributed by atoms with Crippen LogP contribution in [0.5, 0.6) is 11.5 Å². The van der Waals surface area contributed by atoms with E-state index in [0.717, 1.165) is 21.3 Å². The second-order valence-electron chi connectivity index (χ2n) is 6.46. The van der Waals surface area contributed by atoms with Crippen molar-refractivity contribution in [1.82, 2.24) is 14.8 Å². The predicted molar refractivity (Wildman–Crippen MR) is 115 cm³/mol. The molecule has 9 heteroatoms. The van der Waals surface area contributed by atoms with E-state index in [2.05, 4.69) is 31.3 Å². The fraction of sp³-hybridized carbons (Fsp3) is 0.190. The lowest BCUT2D eigenvalue weighted by molar-refractivity contribution is 0.0586. The Balaban J connectivity index is 1.90. The molecule has 2 aromatic carbocycles. The number of rotatable bonds is 5. The number of allylic oxidation sites excluding steroid dienone is 1. The highest BCUT2D eigenvalue weighted by molar-refractivity contribution is 9.10. The number of hydrogen-bond acceptors (Lipinski definition) is 7. The zero-order chi connectivity index (χ0) is 21.3. The van der Waals surface area contributed by atoms with Gasteiger partial charge in [-0.1, -0.05) is 28.1 Å². The summed E-state index contributed by atoms with van der Waals surface area (Å²) in [5.41, 5.74) is 2.58. The fourth-order valence-electron chi connectivity index (χ4n) is 3.29. The number of carbonyl (C=O) groups excluding carboxylic acids is 1. The third-order valence-electron chi connectivity index (χ3n) is 4.72. The summed E-state index contributed by atoms with van der Waals surface area (Å²) in [6, 6.07) is 13.0. The van der Waals surface area contributed by atoms with Gasteiger partial charge in [0.1, 0.15) is 17.5 Å². The molecule has 2 heterocycles. The molecule has 0 amide bonds. The van der Waals surface area contributed by atoms with E-state index in [4.69, 9.17) is 14.2 Å². The monoisotopic (exact) mass is 470 g/mol. The first-order valence-electron chi connectivity index (χ1n) is 9.05. The van der Waals surface area contributed by atoms with Gasteiger partial charge in [-0.15, -0.1) is 5.10 Å². The summed E-state index contributed by atoms with van der Waals surface area (Å²) in [4.78, 5) is 16.4. The molecule has 154 valence electrons. The summed E-state index contributed by atoms with van der Waals surface area (Å²) < 4.78 is 18.4. The average molecular weight is 471 g/mol. The number of esters is 1. The summed E-state index contributed by atoms with van der Waals surface area (Å²) in [6.07, 6.45) is 2.00. The van der Waals surface area contributed by atoms with E-state index in [-0.39, 0.29) is 5.82 Å². The van der Waals surface area contributed by atoms with E-state index in [1.165, 1.54) is 7.11 Å². The molecule has 4 rings (SSSR count). The van der Waals surface area contributed by atoms with Crippen molar-refractivity contribution in [3.8, 4) is 11.5 Å². The van der Waals surface area contributed by atoms with Crippen molar-refractivity contribution >= 4 is 33.5 Å². The van der Waals surface area contributed by atoms with Crippen molar-refractivity contribution in [2.75, 3.05) is 26.6 Å². The number of aromatic nitrogens is 3. The van der Waals surface area contributed by atoms with Gasteiger partial charge in [-0.25, -0.2) is 9.48 Å². The third-order valence-corrected chi connectivity index (χ3v) is 5.22. The van der Waals surface area contributed by atoms with Crippen LogP contribution in [0.1, 0.15) is 27.8 Å². The number of hydrogen-bond donors (Lipinski definition) is 1. The van der Waals surface area contributed by atoms with Crippen molar-refractivity contribution in [3.63, 3.8) is 0 Å². The molecule has 1 aliphatic heterocycles. The van der Waals surface area contributed by atoms with Crippen LogP contribution >= 0.6 is 15.9 Å². The first-order valence-corrected chi connectivity index (χ1v) is 9.85. The molecule has 1 unspecified atom stereocenters. The Hall–Kier alpha value is -3.33. The summed E-state index contributed by atoms with van der Waals surface area (Å²) in [7, 11) is 4.50. The average Bonchev–Trinajstić information content (AvgIpc) is 3.21. The van der Waals surface area contributed by atoms with Gasteiger partial charge in [-0.3, -0.25) is 0 Å². The van der Waals surface area contributed by atoms with Gasteiger partial charge in [-0.05, 0) is 42.0 Å². The number of ether oxygens (including phenoxy) is 3. The maximum absolute atomic E-state index is 12.0. The third kappa shape index (κ3) is 3.63. The Bertz CT molecular complexity index is 1140. The Labute approximate surface area is 181 Å². The Morgan fingerprint density at radius 1 is 1.13 bits per heavy atom. The van der Waals surface area contributed by atoms with E-state index < -0.39 is 12.0 Å². The Kier molecular flexibility index (Phi) is 5.45. The quantitative estimate of drug-likeness (QED) is 0.565. The summed E-state index contributed by atoms with van der Waals surface area (Å²) in [6.45, 7) is 0. The topological polar surface area (TPSA) is 87.5 Å². The largest absolute Gasteiger partial charge is 0.497 e. The van der Waals surface area contributed by atoms with Gasteiger partial charge >= 0.3 is 5.97 Å². The molecule has 0 saturated heterocycles. The highest BCUT2D eigenvalue weighted by Crippen LogP contribution is 2.38. The molecule has 0 spiro atoms. The van der Waals surface area contributed by atoms with Crippen molar-refractivity contribution in [2.24, 2.45) is 0 Å². The summed E-state index contributed by atoms with van der Waals surface area (Å²) in [5, 5.41) is 7.63. The summed E-state index contributed by atoms with van der Waals surface area (Å²) >= 11 is 3.51. The molecular weight excluding hydrogens is 452 g/mol. The van der Waals surface area contributed by atoms with Gasteiger partial charge in [0.2, 0.25) is 5.95 Å². The van der Waals surface area contributed by atoms with Crippen LogP contribution < -0.4 is 14.8 Å². The van der Waals surface area contributed by atoms with Crippen LogP contribution in [0.3, 0.4) is 0 Å². The lowest BCUT2D eigenvalue weighted by Crippen LogP contribution is -2.21. The first-order chi connectivity index (χ1) is 14.5. The zero-order valence-corrected chi connectivity index (χ0v) is 18.1. The normalized spacial score (nSPS) is 14.9. The van der Waals surface area contributed by atoms with Crippen LogP contribution in [0.2, 0.25) is 0 Å². The van der Waals surface area contributed by atoms with Crippen molar-refractivity contribution < 1.29 is 19.0 Å². The molecular formula is C21H19BrN4O4. The lowest BCUT2D eigenvalue weighted by Gasteiger charge is -2.25. The van der Waals surface area contributed by atoms with Crippen LogP contribution in [0.4, 0.5) is 5.95 Å². The Morgan fingerprint density at radius 2 is 1.97 bits per heavy atom. The van der Waals surface area contributed by atoms with E-state index in [1.807, 2.05) is 48.5 Å². The molecule has 30 heavy (non-hydrogen) atoms. The minimum atomic E-state index is -0.612. The number of carbonyl (C=O) groups is 1. The maximum atomic E-state index is 12.0. The van der Waals surface area contributed by atoms with E-state index >= 15 is 0 Å². The molecule has 1 aromatic heterocycles. The molecule has 0 aliphatic carbocycles. The number of nitrogens with zero attached hydrogens (tertiary/aromatic N) is 3. The number of nitrogens with one attached hydrogen (secondary N) is 1. The van der Waals surface area contributed by atoms with Crippen LogP contribution in [0.15, 0.2) is 53.0 Å². The van der Waals surface area contributed by atoms with E-state index in [0.29, 0.717) is 17.4 Å². The summed E-state index contributed by atoms with van der Waals surface area (Å²) in [5.74, 6) is 1.11. The van der Waals surface area contributed by atoms with E-state index in [9.17, 15) is 4.79 Å². The van der Waals surface area contributed by atoms with Gasteiger partial charge in [0.05, 0.1) is 21.3 Å². The molecule has 0 bridgehead atoms. The van der Waals surface area contributed by atoms with Crippen LogP contribution in [-0.2, 0) is 4.74 Å². The molecule has 1 atom stereocenters. The molecule has 1 aliphatic rings. The molecule has 3 aromatic rings. The minimum Gasteiger partial charge on any atom is -0.497 e. The highest BCUT2D eigenvalue weighted by Gasteiger charge is 2.29. The number of halogens is 1. The van der Waals surface area contributed by atoms with Crippen molar-refractivity contribution in [3.05, 3.63) is 70.0 Å². The van der Waals surface area contributed by atoms with Gasteiger partial charge in [0, 0.05) is 15.7 Å². The molecule has 8 nitrogen and oxygen atoms in total. The Morgan fingerprint density at radius 3 is 2.67 bits per heavy atom. The number of benzene rings is 2. The standard InChI is InChI=1S/C21H19BrN4O4/c1-28-14-7-8-18(29-2)15(10-14)17-11-16(12-5-4-6-13(22)9-12)23-21-24-19(20(27)30-3)25-26(17)21/h4-11,17H,1-3H3,(H,23,24,25). The van der Waals surface area contributed by atoms with Crippen LogP contribution in [0, 0.1) is 0 Å². The fourth-order valence-corrected chi connectivity index (χ4v) is 3.69. The maximum Gasteiger partial charge on any atom is 0.378 e. The number of fused-ring (bicyclic) bond motifs is 1.